The maximum absolute atomic E-state index is 11.8. The van der Waals surface area contributed by atoms with Gasteiger partial charge in [-0.25, -0.2) is 4.79 Å². The van der Waals surface area contributed by atoms with Crippen molar-refractivity contribution in [1.82, 2.24) is 0 Å². The second-order valence-corrected chi connectivity index (χ2v) is 4.18. The van der Waals surface area contributed by atoms with Gasteiger partial charge >= 0.3 is 5.97 Å². The largest absolute Gasteiger partial charge is 0.456 e. The van der Waals surface area contributed by atoms with Crippen molar-refractivity contribution in [2.45, 2.75) is 38.3 Å². The molecule has 0 spiro atoms. The molecule has 1 aliphatic rings. The Morgan fingerprint density at radius 2 is 2.06 bits per heavy atom. The minimum absolute atomic E-state index is 0.272. The molecular formula is C13H16O4. The second kappa shape index (κ2) is 5.29. The minimum Gasteiger partial charge on any atom is -0.456 e. The van der Waals surface area contributed by atoms with E-state index in [9.17, 15) is 9.90 Å². The molecule has 0 aliphatic carbocycles. The number of hydrogen-bond acceptors (Lipinski definition) is 4. The number of aliphatic hydroxyl groups excluding tert-OH is 1. The summed E-state index contributed by atoms with van der Waals surface area (Å²) in [5.41, 5.74) is 0.533. The Morgan fingerprint density at radius 3 is 2.71 bits per heavy atom. The molecule has 1 aromatic rings. The zero-order valence-corrected chi connectivity index (χ0v) is 9.70. The first-order valence-electron chi connectivity index (χ1n) is 5.76. The van der Waals surface area contributed by atoms with Crippen molar-refractivity contribution < 1.29 is 19.4 Å². The smallest absolute Gasteiger partial charge is 0.338 e. The van der Waals surface area contributed by atoms with Crippen molar-refractivity contribution in [3.8, 4) is 0 Å². The lowest BCUT2D eigenvalue weighted by Gasteiger charge is -2.31. The number of esters is 1. The monoisotopic (exact) mass is 236 g/mol. The van der Waals surface area contributed by atoms with Crippen LogP contribution in [0.4, 0.5) is 0 Å². The predicted octanol–water partition coefficient (Wildman–Crippen LogP) is 1.73. The van der Waals surface area contributed by atoms with Crippen LogP contribution in [0.2, 0.25) is 0 Å². The fraction of sp³-hybridized carbons (Fsp3) is 0.462. The molecule has 92 valence electrons. The first-order valence-corrected chi connectivity index (χ1v) is 5.76. The summed E-state index contributed by atoms with van der Waals surface area (Å²) in [5, 5.41) is 9.29. The fourth-order valence-electron chi connectivity index (χ4n) is 1.88. The highest BCUT2D eigenvalue weighted by Gasteiger charge is 2.30. The first kappa shape index (κ1) is 12.1. The zero-order valence-electron chi connectivity index (χ0n) is 9.70. The van der Waals surface area contributed by atoms with E-state index in [1.54, 1.807) is 31.2 Å². The summed E-state index contributed by atoms with van der Waals surface area (Å²) in [6.07, 6.45) is -0.174. The summed E-state index contributed by atoms with van der Waals surface area (Å²) >= 11 is 0. The molecule has 0 amide bonds. The van der Waals surface area contributed by atoms with Crippen LogP contribution < -0.4 is 0 Å². The van der Waals surface area contributed by atoms with Gasteiger partial charge in [-0.15, -0.1) is 0 Å². The molecular weight excluding hydrogens is 220 g/mol. The van der Waals surface area contributed by atoms with Crippen LogP contribution in [0.1, 0.15) is 30.1 Å². The molecule has 0 aromatic heterocycles. The van der Waals surface area contributed by atoms with E-state index in [0.717, 1.165) is 0 Å². The van der Waals surface area contributed by atoms with Crippen molar-refractivity contribution in [3.63, 3.8) is 0 Å². The lowest BCUT2D eigenvalue weighted by atomic mass is 10.1. The minimum atomic E-state index is -0.739. The van der Waals surface area contributed by atoms with Crippen LogP contribution in [0.3, 0.4) is 0 Å². The Morgan fingerprint density at radius 1 is 1.35 bits per heavy atom. The van der Waals surface area contributed by atoms with Gasteiger partial charge in [0.25, 0.3) is 0 Å². The molecule has 1 N–H and O–H groups in total. The van der Waals surface area contributed by atoms with Gasteiger partial charge in [0.1, 0.15) is 6.10 Å². The predicted molar refractivity (Wildman–Crippen MR) is 61.4 cm³/mol. The molecule has 0 radical (unpaired) electrons. The van der Waals surface area contributed by atoms with E-state index < -0.39 is 6.29 Å². The van der Waals surface area contributed by atoms with E-state index in [0.29, 0.717) is 18.4 Å². The number of rotatable bonds is 2. The van der Waals surface area contributed by atoms with Crippen LogP contribution in [0, 0.1) is 0 Å². The standard InChI is InChI=1S/C13H16O4/c1-9-11(7-8-12(14)16-9)17-13(15)10-5-3-2-4-6-10/h2-6,9,11-12,14H,7-8H2,1H3/t9-,11-,12+/m0/s1. The third-order valence-corrected chi connectivity index (χ3v) is 2.86. The maximum Gasteiger partial charge on any atom is 0.338 e. The van der Waals surface area contributed by atoms with Gasteiger partial charge in [0, 0.05) is 6.42 Å². The summed E-state index contributed by atoms with van der Waals surface area (Å²) < 4.78 is 10.6. The van der Waals surface area contributed by atoms with E-state index in [1.165, 1.54) is 0 Å². The van der Waals surface area contributed by atoms with Gasteiger partial charge in [0.05, 0.1) is 11.7 Å². The highest BCUT2D eigenvalue weighted by Crippen LogP contribution is 2.21. The summed E-state index contributed by atoms with van der Waals surface area (Å²) in [5.74, 6) is -0.345. The SMILES string of the molecule is C[C@@H]1O[C@@H](O)CC[C@@H]1OC(=O)c1ccccc1. The number of carbonyl (C=O) groups excluding carboxylic acids is 1. The molecule has 1 heterocycles. The Labute approximate surface area is 100 Å². The molecule has 0 unspecified atom stereocenters. The average Bonchev–Trinajstić information content (AvgIpc) is 2.34. The molecule has 0 bridgehead atoms. The number of hydrogen-bond donors (Lipinski definition) is 1. The first-order chi connectivity index (χ1) is 8.16. The van der Waals surface area contributed by atoms with E-state index in [1.807, 2.05) is 6.07 Å². The third kappa shape index (κ3) is 3.05. The summed E-state index contributed by atoms with van der Waals surface area (Å²) in [4.78, 5) is 11.8. The molecule has 1 aliphatic heterocycles. The number of carbonyl (C=O) groups is 1. The van der Waals surface area contributed by atoms with Crippen molar-refractivity contribution in [2.75, 3.05) is 0 Å². The van der Waals surface area contributed by atoms with E-state index in [-0.39, 0.29) is 18.2 Å². The molecule has 1 fully saturated rings. The summed E-state index contributed by atoms with van der Waals surface area (Å²) in [6, 6.07) is 8.86. The third-order valence-electron chi connectivity index (χ3n) is 2.86. The molecule has 3 atom stereocenters. The number of aliphatic hydroxyl groups is 1. The Hall–Kier alpha value is -1.39. The van der Waals surface area contributed by atoms with Crippen LogP contribution in [-0.2, 0) is 9.47 Å². The second-order valence-electron chi connectivity index (χ2n) is 4.18. The quantitative estimate of drug-likeness (QED) is 0.794. The molecule has 4 nitrogen and oxygen atoms in total. The zero-order chi connectivity index (χ0) is 12.3. The summed E-state index contributed by atoms with van der Waals surface area (Å²) in [6.45, 7) is 1.80. The van der Waals surface area contributed by atoms with Gasteiger partial charge in [0.15, 0.2) is 6.29 Å². The van der Waals surface area contributed by atoms with E-state index in [2.05, 4.69) is 0 Å². The van der Waals surface area contributed by atoms with Gasteiger partial charge in [-0.05, 0) is 25.5 Å². The van der Waals surface area contributed by atoms with Crippen LogP contribution in [0.5, 0.6) is 0 Å². The Balaban J connectivity index is 1.95. The molecule has 1 saturated heterocycles. The summed E-state index contributed by atoms with van der Waals surface area (Å²) in [7, 11) is 0. The molecule has 0 saturated carbocycles. The molecule has 1 aromatic carbocycles. The van der Waals surface area contributed by atoms with Crippen molar-refractivity contribution in [2.24, 2.45) is 0 Å². The molecule has 17 heavy (non-hydrogen) atoms. The van der Waals surface area contributed by atoms with Crippen molar-refractivity contribution in [3.05, 3.63) is 35.9 Å². The molecule has 2 rings (SSSR count). The van der Waals surface area contributed by atoms with E-state index >= 15 is 0 Å². The van der Waals surface area contributed by atoms with E-state index in [4.69, 9.17) is 9.47 Å². The van der Waals surface area contributed by atoms with Crippen molar-refractivity contribution in [1.29, 1.82) is 0 Å². The van der Waals surface area contributed by atoms with Crippen LogP contribution in [-0.4, -0.2) is 29.6 Å². The van der Waals surface area contributed by atoms with Crippen LogP contribution in [0.15, 0.2) is 30.3 Å². The highest BCUT2D eigenvalue weighted by atomic mass is 16.6. The van der Waals surface area contributed by atoms with Crippen LogP contribution in [0.25, 0.3) is 0 Å². The highest BCUT2D eigenvalue weighted by molar-refractivity contribution is 5.89. The van der Waals surface area contributed by atoms with Gasteiger partial charge in [-0.2, -0.15) is 0 Å². The van der Waals surface area contributed by atoms with Gasteiger partial charge in [-0.3, -0.25) is 0 Å². The maximum atomic E-state index is 11.8. The van der Waals surface area contributed by atoms with Gasteiger partial charge in [-0.1, -0.05) is 18.2 Å². The number of benzene rings is 1. The topological polar surface area (TPSA) is 55.8 Å². The Bertz CT molecular complexity index is 376. The lowest BCUT2D eigenvalue weighted by molar-refractivity contribution is -0.193. The van der Waals surface area contributed by atoms with Crippen molar-refractivity contribution >= 4 is 5.97 Å². The van der Waals surface area contributed by atoms with Crippen LogP contribution >= 0.6 is 0 Å². The van der Waals surface area contributed by atoms with Gasteiger partial charge < -0.3 is 14.6 Å². The average molecular weight is 236 g/mol. The fourth-order valence-corrected chi connectivity index (χ4v) is 1.88. The lowest BCUT2D eigenvalue weighted by Crippen LogP contribution is -2.39. The molecule has 4 heteroatoms. The Kier molecular flexibility index (Phi) is 3.76. The van der Waals surface area contributed by atoms with Gasteiger partial charge in [0.2, 0.25) is 0 Å². The normalized spacial score (nSPS) is 28.7. The number of ether oxygens (including phenoxy) is 2.